The van der Waals surface area contributed by atoms with Crippen molar-refractivity contribution < 1.29 is 4.74 Å². The summed E-state index contributed by atoms with van der Waals surface area (Å²) in [6.45, 7) is 0. The summed E-state index contributed by atoms with van der Waals surface area (Å²) in [6.07, 6.45) is 0. The minimum Gasteiger partial charge on any atom is -0.497 e. The predicted octanol–water partition coefficient (Wildman–Crippen LogP) is 6.51. The topological polar surface area (TPSA) is 13.6 Å². The molecule has 0 amide bonds. The van der Waals surface area contributed by atoms with Crippen molar-refractivity contribution in [3.8, 4) is 16.9 Å². The first-order valence-electron chi connectivity index (χ1n) is 9.16. The molecule has 0 aliphatic rings. The molecule has 0 spiro atoms. The Kier molecular flexibility index (Phi) is 2.84. The first-order chi connectivity index (χ1) is 13.3. The van der Waals surface area contributed by atoms with E-state index in [4.69, 9.17) is 4.74 Å². The number of rotatable bonds is 2. The average molecular weight is 347 g/mol. The van der Waals surface area contributed by atoms with Crippen LogP contribution >= 0.6 is 0 Å². The number of nitrogens with zero attached hydrogens (tertiary/aromatic N) is 1. The third kappa shape index (κ3) is 1.95. The third-order valence-electron chi connectivity index (χ3n) is 5.61. The molecule has 3 aromatic carbocycles. The molecular formula is C25H17NO. The van der Waals surface area contributed by atoms with E-state index in [0.29, 0.717) is 0 Å². The number of pyridine rings is 1. The number of fused-ring (bicyclic) bond motifs is 4. The molecule has 0 saturated carbocycles. The highest BCUT2D eigenvalue weighted by Crippen LogP contribution is 2.40. The Balaban J connectivity index is 1.78. The fourth-order valence-electron chi connectivity index (χ4n) is 4.34. The number of benzene rings is 3. The van der Waals surface area contributed by atoms with Crippen LogP contribution in [0.4, 0.5) is 0 Å². The zero-order valence-corrected chi connectivity index (χ0v) is 14.9. The van der Waals surface area contributed by atoms with Crippen LogP contribution in [0.2, 0.25) is 0 Å². The largest absolute Gasteiger partial charge is 0.497 e. The van der Waals surface area contributed by atoms with Crippen molar-refractivity contribution in [3.63, 3.8) is 0 Å². The molecular weight excluding hydrogens is 330 g/mol. The Hall–Kier alpha value is -3.52. The Morgan fingerprint density at radius 3 is 2.19 bits per heavy atom. The van der Waals surface area contributed by atoms with Gasteiger partial charge in [-0.2, -0.15) is 0 Å². The molecule has 3 heterocycles. The lowest BCUT2D eigenvalue weighted by Gasteiger charge is -2.03. The van der Waals surface area contributed by atoms with Crippen LogP contribution in [-0.4, -0.2) is 11.5 Å². The molecule has 0 unspecified atom stereocenters. The van der Waals surface area contributed by atoms with Crippen molar-refractivity contribution in [2.75, 3.05) is 7.11 Å². The highest BCUT2D eigenvalue weighted by Gasteiger charge is 2.17. The summed E-state index contributed by atoms with van der Waals surface area (Å²) in [5.74, 6) is 0.881. The summed E-state index contributed by atoms with van der Waals surface area (Å²) < 4.78 is 7.72. The molecule has 3 aromatic heterocycles. The maximum atomic E-state index is 5.33. The van der Waals surface area contributed by atoms with Crippen molar-refractivity contribution in [1.29, 1.82) is 0 Å². The number of hydrogen-bond donors (Lipinski definition) is 0. The number of hydrogen-bond acceptors (Lipinski definition) is 1. The van der Waals surface area contributed by atoms with Gasteiger partial charge in [-0.1, -0.05) is 42.5 Å². The highest BCUT2D eigenvalue weighted by atomic mass is 16.5. The Morgan fingerprint density at radius 1 is 0.704 bits per heavy atom. The van der Waals surface area contributed by atoms with E-state index in [-0.39, 0.29) is 0 Å². The lowest BCUT2D eigenvalue weighted by Crippen LogP contribution is -1.82. The van der Waals surface area contributed by atoms with Crippen LogP contribution in [0.1, 0.15) is 0 Å². The van der Waals surface area contributed by atoms with Crippen LogP contribution in [0.5, 0.6) is 5.75 Å². The first-order valence-corrected chi connectivity index (χ1v) is 9.16. The van der Waals surface area contributed by atoms with Crippen LogP contribution in [-0.2, 0) is 0 Å². The monoisotopic (exact) mass is 347 g/mol. The normalized spacial score (nSPS) is 11.9. The van der Waals surface area contributed by atoms with Gasteiger partial charge in [0.1, 0.15) is 5.75 Å². The standard InChI is InChI=1S/C25H17NO/c1-27-20-11-9-16(10-12-20)21-15-19-7-4-8-24-22-13-17-5-2-3-6-18(17)14-23(22)25(21)26(19)24/h2-15H,1H3. The van der Waals surface area contributed by atoms with E-state index in [2.05, 4.69) is 77.2 Å². The van der Waals surface area contributed by atoms with Gasteiger partial charge in [-0.15, -0.1) is 0 Å². The van der Waals surface area contributed by atoms with Crippen molar-refractivity contribution >= 4 is 38.1 Å². The predicted molar refractivity (Wildman–Crippen MR) is 113 cm³/mol. The lowest BCUT2D eigenvalue weighted by molar-refractivity contribution is 0.415. The van der Waals surface area contributed by atoms with E-state index >= 15 is 0 Å². The number of aromatic nitrogens is 1. The molecule has 6 rings (SSSR count). The molecule has 0 atom stereocenters. The van der Waals surface area contributed by atoms with Gasteiger partial charge in [-0.25, -0.2) is 0 Å². The Labute approximate surface area is 156 Å². The molecule has 2 heteroatoms. The molecule has 0 fully saturated rings. The molecule has 0 radical (unpaired) electrons. The SMILES string of the molecule is COc1ccc(-c2cc3cccc4c5cc6ccccc6cc5c2n34)cc1. The van der Waals surface area contributed by atoms with Gasteiger partial charge in [-0.05, 0) is 58.8 Å². The molecule has 128 valence electrons. The van der Waals surface area contributed by atoms with Gasteiger partial charge in [0, 0.05) is 21.9 Å². The molecule has 0 aliphatic heterocycles. The van der Waals surface area contributed by atoms with Crippen LogP contribution in [0.3, 0.4) is 0 Å². The average Bonchev–Trinajstić information content (AvgIpc) is 3.27. The van der Waals surface area contributed by atoms with Crippen molar-refractivity contribution in [2.24, 2.45) is 0 Å². The van der Waals surface area contributed by atoms with Gasteiger partial charge in [0.2, 0.25) is 0 Å². The van der Waals surface area contributed by atoms with E-state index in [1.165, 1.54) is 49.2 Å². The van der Waals surface area contributed by atoms with Gasteiger partial charge >= 0.3 is 0 Å². The van der Waals surface area contributed by atoms with Crippen LogP contribution < -0.4 is 4.74 Å². The molecule has 6 aromatic rings. The summed E-state index contributed by atoms with van der Waals surface area (Å²) in [5.41, 5.74) is 6.25. The smallest absolute Gasteiger partial charge is 0.118 e. The minimum absolute atomic E-state index is 0.881. The summed E-state index contributed by atoms with van der Waals surface area (Å²) in [5, 5.41) is 5.18. The zero-order chi connectivity index (χ0) is 18.0. The highest BCUT2D eigenvalue weighted by molar-refractivity contribution is 6.18. The van der Waals surface area contributed by atoms with Gasteiger partial charge in [0.25, 0.3) is 0 Å². The fourth-order valence-corrected chi connectivity index (χ4v) is 4.34. The van der Waals surface area contributed by atoms with E-state index in [1.807, 2.05) is 12.1 Å². The van der Waals surface area contributed by atoms with Crippen LogP contribution in [0.25, 0.3) is 49.2 Å². The number of ether oxygens (including phenoxy) is 1. The first kappa shape index (κ1) is 14.6. The molecule has 27 heavy (non-hydrogen) atoms. The fraction of sp³-hybridized carbons (Fsp3) is 0.0400. The van der Waals surface area contributed by atoms with E-state index in [1.54, 1.807) is 7.11 Å². The van der Waals surface area contributed by atoms with Crippen LogP contribution in [0, 0.1) is 0 Å². The number of methoxy groups -OCH3 is 1. The lowest BCUT2D eigenvalue weighted by atomic mass is 10.0. The van der Waals surface area contributed by atoms with Gasteiger partial charge in [0.05, 0.1) is 18.1 Å². The molecule has 2 nitrogen and oxygen atoms in total. The molecule has 0 aliphatic carbocycles. The van der Waals surface area contributed by atoms with Crippen LogP contribution in [0.15, 0.2) is 84.9 Å². The van der Waals surface area contributed by atoms with Gasteiger partial charge in [-0.3, -0.25) is 0 Å². The maximum Gasteiger partial charge on any atom is 0.118 e. The Morgan fingerprint density at radius 2 is 1.44 bits per heavy atom. The molecule has 0 N–H and O–H groups in total. The van der Waals surface area contributed by atoms with Crippen molar-refractivity contribution in [3.05, 3.63) is 84.9 Å². The maximum absolute atomic E-state index is 5.33. The van der Waals surface area contributed by atoms with E-state index < -0.39 is 0 Å². The summed E-state index contributed by atoms with van der Waals surface area (Å²) in [7, 11) is 1.70. The summed E-state index contributed by atoms with van der Waals surface area (Å²) >= 11 is 0. The van der Waals surface area contributed by atoms with Gasteiger partial charge < -0.3 is 9.14 Å². The van der Waals surface area contributed by atoms with E-state index in [0.717, 1.165) is 5.75 Å². The third-order valence-corrected chi connectivity index (χ3v) is 5.61. The minimum atomic E-state index is 0.881. The quantitative estimate of drug-likeness (QED) is 0.348. The summed E-state index contributed by atoms with van der Waals surface area (Å²) in [4.78, 5) is 0. The summed E-state index contributed by atoms with van der Waals surface area (Å²) in [6, 6.07) is 30.4. The second-order valence-corrected chi connectivity index (χ2v) is 7.05. The van der Waals surface area contributed by atoms with Gasteiger partial charge in [0.15, 0.2) is 0 Å². The Bertz CT molecular complexity index is 1440. The zero-order valence-electron chi connectivity index (χ0n) is 14.9. The van der Waals surface area contributed by atoms with Crippen molar-refractivity contribution in [1.82, 2.24) is 4.40 Å². The van der Waals surface area contributed by atoms with Crippen molar-refractivity contribution in [2.45, 2.75) is 0 Å². The molecule has 0 bridgehead atoms. The second kappa shape index (κ2) is 5.24. The second-order valence-electron chi connectivity index (χ2n) is 7.05. The van der Waals surface area contributed by atoms with E-state index in [9.17, 15) is 0 Å². The molecule has 0 saturated heterocycles.